The molecule has 104 valence electrons. The third kappa shape index (κ3) is 3.19. The lowest BCUT2D eigenvalue weighted by atomic mass is 10.2. The van der Waals surface area contributed by atoms with Crippen LogP contribution < -0.4 is 5.32 Å². The van der Waals surface area contributed by atoms with E-state index in [0.29, 0.717) is 12.3 Å². The molecule has 0 fully saturated rings. The van der Waals surface area contributed by atoms with Gasteiger partial charge in [0.25, 0.3) is 0 Å². The first-order valence-corrected chi connectivity index (χ1v) is 7.82. The largest absolute Gasteiger partial charge is 0.449 e. The summed E-state index contributed by atoms with van der Waals surface area (Å²) in [6.45, 7) is 2.27. The highest BCUT2D eigenvalue weighted by molar-refractivity contribution is 7.90. The van der Waals surface area contributed by atoms with Gasteiger partial charge < -0.3 is 9.73 Å². The van der Waals surface area contributed by atoms with Crippen LogP contribution in [0, 0.1) is 18.3 Å². The molecule has 0 aliphatic rings. The molecule has 0 amide bonds. The Labute approximate surface area is 117 Å². The quantitative estimate of drug-likeness (QED) is 0.935. The maximum Gasteiger partial charge on any atom is 0.203 e. The van der Waals surface area contributed by atoms with Crippen molar-refractivity contribution in [3.8, 4) is 6.07 Å². The Morgan fingerprint density at radius 2 is 2.05 bits per heavy atom. The second-order valence-electron chi connectivity index (χ2n) is 4.48. The summed E-state index contributed by atoms with van der Waals surface area (Å²) in [5.41, 5.74) is 1.66. The van der Waals surface area contributed by atoms with Gasteiger partial charge in [-0.15, -0.1) is 0 Å². The van der Waals surface area contributed by atoms with Crippen LogP contribution in [0.5, 0.6) is 0 Å². The number of furan rings is 1. The van der Waals surface area contributed by atoms with Crippen molar-refractivity contribution in [1.29, 1.82) is 5.26 Å². The third-order valence-electron chi connectivity index (χ3n) is 2.86. The molecule has 0 radical (unpaired) electrons. The number of benzene rings is 1. The molecule has 20 heavy (non-hydrogen) atoms. The lowest BCUT2D eigenvalue weighted by molar-refractivity contribution is 0.506. The first-order valence-electron chi connectivity index (χ1n) is 5.93. The highest BCUT2D eigenvalue weighted by atomic mass is 32.2. The summed E-state index contributed by atoms with van der Waals surface area (Å²) >= 11 is 0. The van der Waals surface area contributed by atoms with E-state index in [0.717, 1.165) is 11.3 Å². The van der Waals surface area contributed by atoms with E-state index >= 15 is 0 Å². The fourth-order valence-corrected chi connectivity index (χ4v) is 2.38. The Bertz CT molecular complexity index is 770. The summed E-state index contributed by atoms with van der Waals surface area (Å²) in [7, 11) is -3.23. The van der Waals surface area contributed by atoms with Crippen molar-refractivity contribution in [2.24, 2.45) is 0 Å². The van der Waals surface area contributed by atoms with Crippen molar-refractivity contribution < 1.29 is 12.8 Å². The fourth-order valence-electron chi connectivity index (χ4n) is 1.74. The van der Waals surface area contributed by atoms with Gasteiger partial charge in [-0.25, -0.2) is 8.42 Å². The molecule has 0 atom stereocenters. The van der Waals surface area contributed by atoms with Crippen LogP contribution in [0.1, 0.15) is 17.1 Å². The predicted octanol–water partition coefficient (Wildman–Crippen LogP) is 2.48. The maximum atomic E-state index is 11.5. The van der Waals surface area contributed by atoms with Gasteiger partial charge in [0.1, 0.15) is 11.8 Å². The van der Waals surface area contributed by atoms with Crippen LogP contribution in [0.3, 0.4) is 0 Å². The molecule has 1 N–H and O–H groups in total. The SMILES string of the molecule is Cc1ccc(S(C)(=O)=O)cc1NCc1ccc(C#N)o1. The number of sulfone groups is 1. The Kier molecular flexibility index (Phi) is 3.81. The number of nitrogens with zero attached hydrogens (tertiary/aromatic N) is 1. The zero-order valence-corrected chi connectivity index (χ0v) is 12.0. The Morgan fingerprint density at radius 3 is 2.65 bits per heavy atom. The topological polar surface area (TPSA) is 83.1 Å². The first kappa shape index (κ1) is 14.2. The van der Waals surface area contributed by atoms with Gasteiger partial charge >= 0.3 is 0 Å². The van der Waals surface area contributed by atoms with Gasteiger partial charge in [-0.2, -0.15) is 5.26 Å². The van der Waals surface area contributed by atoms with E-state index in [4.69, 9.17) is 9.68 Å². The summed E-state index contributed by atoms with van der Waals surface area (Å²) < 4.78 is 28.3. The molecule has 2 rings (SSSR count). The third-order valence-corrected chi connectivity index (χ3v) is 3.97. The molecular formula is C14H14N2O3S. The Balaban J connectivity index is 2.19. The number of anilines is 1. The van der Waals surface area contributed by atoms with E-state index < -0.39 is 9.84 Å². The number of hydrogen-bond acceptors (Lipinski definition) is 5. The second-order valence-corrected chi connectivity index (χ2v) is 6.50. The number of rotatable bonds is 4. The lowest BCUT2D eigenvalue weighted by Crippen LogP contribution is -2.03. The minimum atomic E-state index is -3.23. The van der Waals surface area contributed by atoms with Crippen LogP contribution in [0.25, 0.3) is 0 Å². The molecule has 0 saturated heterocycles. The van der Waals surface area contributed by atoms with Crippen LogP contribution >= 0.6 is 0 Å². The van der Waals surface area contributed by atoms with Gasteiger partial charge in [-0.3, -0.25) is 0 Å². The van der Waals surface area contributed by atoms with Crippen molar-refractivity contribution in [2.75, 3.05) is 11.6 Å². The van der Waals surface area contributed by atoms with Crippen LogP contribution in [-0.4, -0.2) is 14.7 Å². The van der Waals surface area contributed by atoms with Crippen LogP contribution in [0.15, 0.2) is 39.6 Å². The summed E-state index contributed by atoms with van der Waals surface area (Å²) in [6, 6.07) is 10.1. The van der Waals surface area contributed by atoms with E-state index in [1.807, 2.05) is 13.0 Å². The molecule has 0 aliphatic heterocycles. The van der Waals surface area contributed by atoms with Gasteiger partial charge in [-0.1, -0.05) is 6.07 Å². The summed E-state index contributed by atoms with van der Waals surface area (Å²) in [4.78, 5) is 0.266. The molecule has 1 aromatic carbocycles. The number of nitrogens with one attached hydrogen (secondary N) is 1. The molecule has 0 bridgehead atoms. The highest BCUT2D eigenvalue weighted by Crippen LogP contribution is 2.21. The van der Waals surface area contributed by atoms with E-state index in [2.05, 4.69) is 5.32 Å². The van der Waals surface area contributed by atoms with Crippen molar-refractivity contribution in [1.82, 2.24) is 0 Å². The minimum Gasteiger partial charge on any atom is -0.449 e. The number of aryl methyl sites for hydroxylation is 1. The van der Waals surface area contributed by atoms with Gasteiger partial charge in [0, 0.05) is 11.9 Å². The van der Waals surface area contributed by atoms with Crippen molar-refractivity contribution in [2.45, 2.75) is 18.4 Å². The molecule has 6 heteroatoms. The van der Waals surface area contributed by atoms with Crippen LogP contribution in [-0.2, 0) is 16.4 Å². The minimum absolute atomic E-state index is 0.253. The van der Waals surface area contributed by atoms with Crippen LogP contribution in [0.2, 0.25) is 0 Å². The van der Waals surface area contributed by atoms with E-state index in [1.165, 1.54) is 6.26 Å². The predicted molar refractivity (Wildman–Crippen MR) is 75.0 cm³/mol. The van der Waals surface area contributed by atoms with Gasteiger partial charge in [0.2, 0.25) is 5.76 Å². The molecular weight excluding hydrogens is 276 g/mol. The van der Waals surface area contributed by atoms with Gasteiger partial charge in [0.15, 0.2) is 9.84 Å². The Hall–Kier alpha value is -2.26. The standard InChI is InChI=1S/C14H14N2O3S/c1-10-3-6-13(20(2,17)18)7-14(10)16-9-12-5-4-11(8-15)19-12/h3-7,16H,9H2,1-2H3. The smallest absolute Gasteiger partial charge is 0.203 e. The molecule has 1 aromatic heterocycles. The van der Waals surface area contributed by atoms with Crippen molar-refractivity contribution in [3.63, 3.8) is 0 Å². The molecule has 0 unspecified atom stereocenters. The fraction of sp³-hybridized carbons (Fsp3) is 0.214. The lowest BCUT2D eigenvalue weighted by Gasteiger charge is -2.10. The molecule has 0 aliphatic carbocycles. The summed E-state index contributed by atoms with van der Waals surface area (Å²) in [5, 5.41) is 11.8. The molecule has 0 spiro atoms. The summed E-state index contributed by atoms with van der Waals surface area (Å²) in [6.07, 6.45) is 1.17. The van der Waals surface area contributed by atoms with Crippen molar-refractivity contribution in [3.05, 3.63) is 47.4 Å². The number of hydrogen-bond donors (Lipinski definition) is 1. The zero-order valence-electron chi connectivity index (χ0n) is 11.2. The average Bonchev–Trinajstić information content (AvgIpc) is 2.84. The molecule has 0 saturated carbocycles. The molecule has 5 nitrogen and oxygen atoms in total. The molecule has 1 heterocycles. The normalized spacial score (nSPS) is 11.1. The first-order chi connectivity index (χ1) is 9.40. The monoisotopic (exact) mass is 290 g/mol. The van der Waals surface area contributed by atoms with E-state index in [1.54, 1.807) is 30.3 Å². The van der Waals surface area contributed by atoms with Gasteiger partial charge in [-0.05, 0) is 36.8 Å². The molecule has 2 aromatic rings. The highest BCUT2D eigenvalue weighted by Gasteiger charge is 2.10. The maximum absolute atomic E-state index is 11.5. The zero-order chi connectivity index (χ0) is 14.8. The second kappa shape index (κ2) is 5.39. The summed E-state index contributed by atoms with van der Waals surface area (Å²) in [5.74, 6) is 0.870. The number of nitriles is 1. The van der Waals surface area contributed by atoms with E-state index in [-0.39, 0.29) is 10.7 Å². The van der Waals surface area contributed by atoms with Crippen molar-refractivity contribution >= 4 is 15.5 Å². The van der Waals surface area contributed by atoms with E-state index in [9.17, 15) is 8.42 Å². The Morgan fingerprint density at radius 1 is 1.30 bits per heavy atom. The van der Waals surface area contributed by atoms with Crippen LogP contribution in [0.4, 0.5) is 5.69 Å². The average molecular weight is 290 g/mol. The van der Waals surface area contributed by atoms with Gasteiger partial charge in [0.05, 0.1) is 11.4 Å².